The number of aryl methyl sites for hydroxylation is 1. The molecular weight excluding hydrogens is 394 g/mol. The molecule has 2 heterocycles. The number of carbonyl (C=O) groups is 2. The van der Waals surface area contributed by atoms with Crippen LogP contribution in [0.25, 0.3) is 0 Å². The average Bonchev–Trinajstić information content (AvgIpc) is 3.30. The quantitative estimate of drug-likeness (QED) is 0.508. The highest BCUT2D eigenvalue weighted by molar-refractivity contribution is 7.12. The van der Waals surface area contributed by atoms with Gasteiger partial charge in [-0.15, -0.1) is 11.3 Å². The van der Waals surface area contributed by atoms with Crippen LogP contribution < -0.4 is 10.6 Å². The van der Waals surface area contributed by atoms with Crippen molar-refractivity contribution in [3.05, 3.63) is 99.5 Å². The SMILES string of the molecule is Cc1ccc(N2C(=O)C(C(=O)c3cccs3)C(c3ccccc3)C(C#N)=C2N)cc1. The molecule has 0 saturated heterocycles. The number of thiophene rings is 1. The first-order valence-electron chi connectivity index (χ1n) is 9.46. The van der Waals surface area contributed by atoms with Gasteiger partial charge < -0.3 is 5.73 Å². The third-order valence-electron chi connectivity index (χ3n) is 5.27. The zero-order valence-corrected chi connectivity index (χ0v) is 17.1. The van der Waals surface area contributed by atoms with E-state index in [0.717, 1.165) is 5.56 Å². The standard InChI is InChI=1S/C24H19N3O2S/c1-15-9-11-17(12-10-15)27-23(26)18(14-25)20(16-6-3-2-4-7-16)21(24(27)29)22(28)19-8-5-13-30-19/h2-13,20-21H,26H2,1H3. The van der Waals surface area contributed by atoms with Crippen LogP contribution in [-0.4, -0.2) is 11.7 Å². The van der Waals surface area contributed by atoms with Gasteiger partial charge in [0, 0.05) is 5.92 Å². The number of amides is 1. The Morgan fingerprint density at radius 1 is 1.07 bits per heavy atom. The first-order valence-corrected chi connectivity index (χ1v) is 10.3. The third kappa shape index (κ3) is 3.30. The van der Waals surface area contributed by atoms with Crippen LogP contribution in [0, 0.1) is 24.2 Å². The zero-order valence-electron chi connectivity index (χ0n) is 16.3. The van der Waals surface area contributed by atoms with Gasteiger partial charge >= 0.3 is 0 Å². The molecule has 3 aromatic rings. The fourth-order valence-corrected chi connectivity index (χ4v) is 4.49. The summed E-state index contributed by atoms with van der Waals surface area (Å²) in [7, 11) is 0. The van der Waals surface area contributed by atoms with Crippen LogP contribution in [0.3, 0.4) is 0 Å². The average molecular weight is 414 g/mol. The van der Waals surface area contributed by atoms with Gasteiger partial charge in [-0.25, -0.2) is 0 Å². The minimum absolute atomic E-state index is 0.0652. The Kier molecular flexibility index (Phi) is 5.21. The summed E-state index contributed by atoms with van der Waals surface area (Å²) in [4.78, 5) is 28.9. The third-order valence-corrected chi connectivity index (χ3v) is 6.15. The summed E-state index contributed by atoms with van der Waals surface area (Å²) < 4.78 is 0. The van der Waals surface area contributed by atoms with E-state index in [9.17, 15) is 14.9 Å². The molecule has 2 atom stereocenters. The number of hydrogen-bond donors (Lipinski definition) is 1. The number of anilines is 1. The normalized spacial score (nSPS) is 18.9. The van der Waals surface area contributed by atoms with Gasteiger partial charge in [0.15, 0.2) is 5.78 Å². The highest BCUT2D eigenvalue weighted by Crippen LogP contribution is 2.42. The van der Waals surface area contributed by atoms with E-state index in [-0.39, 0.29) is 17.2 Å². The number of ketones is 1. The van der Waals surface area contributed by atoms with E-state index >= 15 is 0 Å². The molecule has 5 nitrogen and oxygen atoms in total. The maximum Gasteiger partial charge on any atom is 0.244 e. The molecule has 1 amide bonds. The molecule has 0 fully saturated rings. The number of benzene rings is 2. The highest BCUT2D eigenvalue weighted by Gasteiger charge is 2.47. The van der Waals surface area contributed by atoms with Crippen molar-refractivity contribution in [2.75, 3.05) is 4.90 Å². The molecule has 4 rings (SSSR count). The van der Waals surface area contributed by atoms with Crippen LogP contribution in [0.15, 0.2) is 83.5 Å². The monoisotopic (exact) mass is 413 g/mol. The lowest BCUT2D eigenvalue weighted by Crippen LogP contribution is -2.49. The van der Waals surface area contributed by atoms with Gasteiger partial charge in [-0.05, 0) is 36.1 Å². The molecule has 0 aliphatic carbocycles. The van der Waals surface area contributed by atoms with Gasteiger partial charge in [0.2, 0.25) is 5.91 Å². The zero-order chi connectivity index (χ0) is 21.3. The molecule has 0 spiro atoms. The summed E-state index contributed by atoms with van der Waals surface area (Å²) in [6, 6.07) is 22.0. The van der Waals surface area contributed by atoms with Crippen molar-refractivity contribution in [1.82, 2.24) is 0 Å². The number of hydrogen-bond acceptors (Lipinski definition) is 5. The number of nitrogens with zero attached hydrogens (tertiary/aromatic N) is 2. The molecule has 30 heavy (non-hydrogen) atoms. The van der Waals surface area contributed by atoms with Crippen LogP contribution in [-0.2, 0) is 4.79 Å². The maximum absolute atomic E-state index is 13.7. The van der Waals surface area contributed by atoms with Crippen molar-refractivity contribution in [3.63, 3.8) is 0 Å². The number of nitriles is 1. The van der Waals surface area contributed by atoms with E-state index in [4.69, 9.17) is 5.73 Å². The lowest BCUT2D eigenvalue weighted by atomic mass is 9.75. The van der Waals surface area contributed by atoms with Crippen LogP contribution in [0.5, 0.6) is 0 Å². The lowest BCUT2D eigenvalue weighted by Gasteiger charge is -2.37. The van der Waals surface area contributed by atoms with E-state index in [1.165, 1.54) is 16.2 Å². The van der Waals surface area contributed by atoms with E-state index < -0.39 is 17.7 Å². The van der Waals surface area contributed by atoms with Crippen LogP contribution in [0.1, 0.15) is 26.7 Å². The highest BCUT2D eigenvalue weighted by atomic mass is 32.1. The molecule has 1 aliphatic rings. The minimum Gasteiger partial charge on any atom is -0.384 e. The second-order valence-electron chi connectivity index (χ2n) is 7.13. The maximum atomic E-state index is 13.7. The van der Waals surface area contributed by atoms with Gasteiger partial charge in [-0.1, -0.05) is 54.1 Å². The second kappa shape index (κ2) is 7.97. The summed E-state index contributed by atoms with van der Waals surface area (Å²) in [5.41, 5.74) is 8.85. The van der Waals surface area contributed by atoms with Gasteiger partial charge in [-0.3, -0.25) is 14.5 Å². The largest absolute Gasteiger partial charge is 0.384 e. The van der Waals surface area contributed by atoms with Crippen molar-refractivity contribution in [1.29, 1.82) is 5.26 Å². The van der Waals surface area contributed by atoms with E-state index in [2.05, 4.69) is 6.07 Å². The molecule has 0 radical (unpaired) electrons. The summed E-state index contributed by atoms with van der Waals surface area (Å²) in [5, 5.41) is 11.8. The molecule has 148 valence electrons. The smallest absolute Gasteiger partial charge is 0.244 e. The summed E-state index contributed by atoms with van der Waals surface area (Å²) >= 11 is 1.28. The summed E-state index contributed by atoms with van der Waals surface area (Å²) in [6.45, 7) is 1.94. The predicted octanol–water partition coefficient (Wildman–Crippen LogP) is 4.38. The predicted molar refractivity (Wildman–Crippen MR) is 117 cm³/mol. The van der Waals surface area contributed by atoms with E-state index in [0.29, 0.717) is 16.1 Å². The number of carbonyl (C=O) groups excluding carboxylic acids is 2. The van der Waals surface area contributed by atoms with Gasteiger partial charge in [-0.2, -0.15) is 5.26 Å². The first kappa shape index (κ1) is 19.6. The van der Waals surface area contributed by atoms with Crippen molar-refractivity contribution in [2.24, 2.45) is 11.7 Å². The molecule has 2 aromatic carbocycles. The van der Waals surface area contributed by atoms with Crippen LogP contribution in [0.4, 0.5) is 5.69 Å². The topological polar surface area (TPSA) is 87.2 Å². The Morgan fingerprint density at radius 2 is 1.77 bits per heavy atom. The molecule has 2 unspecified atom stereocenters. The molecule has 1 aliphatic heterocycles. The Bertz CT molecular complexity index is 1160. The minimum atomic E-state index is -1.07. The Balaban J connectivity index is 1.93. The molecule has 0 bridgehead atoms. The van der Waals surface area contributed by atoms with Gasteiger partial charge in [0.05, 0.1) is 22.2 Å². The van der Waals surface area contributed by atoms with Crippen molar-refractivity contribution >= 4 is 28.7 Å². The molecule has 6 heteroatoms. The van der Waals surface area contributed by atoms with Crippen molar-refractivity contribution < 1.29 is 9.59 Å². The number of rotatable bonds is 4. The molecular formula is C24H19N3O2S. The van der Waals surface area contributed by atoms with Crippen LogP contribution in [0.2, 0.25) is 0 Å². The van der Waals surface area contributed by atoms with E-state index in [1.54, 1.807) is 29.6 Å². The number of nitrogens with two attached hydrogens (primary N) is 1. The van der Waals surface area contributed by atoms with Crippen molar-refractivity contribution in [3.8, 4) is 6.07 Å². The number of allylic oxidation sites excluding steroid dienone is 1. The summed E-state index contributed by atoms with van der Waals surface area (Å²) in [6.07, 6.45) is 0. The van der Waals surface area contributed by atoms with Crippen molar-refractivity contribution in [2.45, 2.75) is 12.8 Å². The Morgan fingerprint density at radius 3 is 2.37 bits per heavy atom. The fraction of sp³-hybridized carbons (Fsp3) is 0.125. The molecule has 0 saturated carbocycles. The second-order valence-corrected chi connectivity index (χ2v) is 8.08. The summed E-state index contributed by atoms with van der Waals surface area (Å²) in [5.74, 6) is -2.48. The van der Waals surface area contributed by atoms with Crippen LogP contribution >= 0.6 is 11.3 Å². The lowest BCUT2D eigenvalue weighted by molar-refractivity contribution is -0.121. The molecule has 1 aromatic heterocycles. The molecule has 2 N–H and O–H groups in total. The van der Waals surface area contributed by atoms with Gasteiger partial charge in [0.1, 0.15) is 11.7 Å². The fourth-order valence-electron chi connectivity index (χ4n) is 3.79. The first-order chi connectivity index (χ1) is 14.5. The van der Waals surface area contributed by atoms with Gasteiger partial charge in [0.25, 0.3) is 0 Å². The number of Topliss-reactive ketones (excluding diaryl/α,β-unsaturated/α-hetero) is 1. The van der Waals surface area contributed by atoms with E-state index in [1.807, 2.05) is 49.4 Å². The Labute approximate surface area is 178 Å². The Hall–Kier alpha value is -3.69.